The Labute approximate surface area is 158 Å². The van der Waals surface area contributed by atoms with Crippen LogP contribution in [0.25, 0.3) is 11.0 Å². The highest BCUT2D eigenvalue weighted by Crippen LogP contribution is 2.30. The van der Waals surface area contributed by atoms with Gasteiger partial charge in [-0.05, 0) is 37.1 Å². The zero-order valence-electron chi connectivity index (χ0n) is 15.6. The predicted molar refractivity (Wildman–Crippen MR) is 103 cm³/mol. The van der Waals surface area contributed by atoms with E-state index in [4.69, 9.17) is 4.98 Å². The minimum absolute atomic E-state index is 0.230. The summed E-state index contributed by atoms with van der Waals surface area (Å²) in [4.78, 5) is 18.5. The zero-order chi connectivity index (χ0) is 18.8. The number of fused-ring (bicyclic) bond motifs is 1. The van der Waals surface area contributed by atoms with Crippen molar-refractivity contribution in [2.45, 2.75) is 32.2 Å². The van der Waals surface area contributed by atoms with Gasteiger partial charge in [-0.15, -0.1) is 10.2 Å². The van der Waals surface area contributed by atoms with Crippen molar-refractivity contribution in [2.24, 2.45) is 0 Å². The van der Waals surface area contributed by atoms with E-state index in [1.165, 1.54) is 12.6 Å². The van der Waals surface area contributed by atoms with Gasteiger partial charge in [-0.2, -0.15) is 0 Å². The molecule has 0 bridgehead atoms. The molecule has 0 spiro atoms. The van der Waals surface area contributed by atoms with Crippen molar-refractivity contribution in [2.75, 3.05) is 25.1 Å². The van der Waals surface area contributed by atoms with Gasteiger partial charge in [-0.3, -0.25) is 0 Å². The Morgan fingerprint density at radius 1 is 1.15 bits per heavy atom. The summed E-state index contributed by atoms with van der Waals surface area (Å²) < 4.78 is 7.09. The molecule has 1 aliphatic heterocycles. The summed E-state index contributed by atoms with van der Waals surface area (Å²) in [6.07, 6.45) is 2.97. The van der Waals surface area contributed by atoms with Crippen LogP contribution in [0.4, 0.5) is 5.82 Å². The van der Waals surface area contributed by atoms with Crippen LogP contribution in [0.15, 0.2) is 36.4 Å². The standard InChI is InChI=1S/C20H23N5O2/c1-3-18-21-15-6-4-5-7-17(15)25(18)14-10-12-24(13-11-14)19-9-8-16(22-23-19)20(26)27-2/h4-9,14H,3,10-13H2,1-2H3. The number of ether oxygens (including phenoxy) is 1. The number of benzene rings is 1. The molecule has 0 amide bonds. The van der Waals surface area contributed by atoms with E-state index in [0.717, 1.165) is 49.5 Å². The number of nitrogens with zero attached hydrogens (tertiary/aromatic N) is 5. The molecule has 0 atom stereocenters. The monoisotopic (exact) mass is 365 g/mol. The van der Waals surface area contributed by atoms with E-state index in [-0.39, 0.29) is 5.69 Å². The van der Waals surface area contributed by atoms with E-state index in [2.05, 4.69) is 49.5 Å². The number of rotatable bonds is 4. The van der Waals surface area contributed by atoms with Crippen molar-refractivity contribution in [3.8, 4) is 0 Å². The molecular weight excluding hydrogens is 342 g/mol. The van der Waals surface area contributed by atoms with Crippen LogP contribution in [0, 0.1) is 0 Å². The van der Waals surface area contributed by atoms with E-state index in [0.29, 0.717) is 6.04 Å². The van der Waals surface area contributed by atoms with Gasteiger partial charge in [0.25, 0.3) is 0 Å². The number of imidazole rings is 1. The fraction of sp³-hybridized carbons (Fsp3) is 0.400. The molecule has 0 radical (unpaired) electrons. The minimum Gasteiger partial charge on any atom is -0.464 e. The van der Waals surface area contributed by atoms with Gasteiger partial charge in [0, 0.05) is 25.6 Å². The highest BCUT2D eigenvalue weighted by Gasteiger charge is 2.25. The maximum Gasteiger partial charge on any atom is 0.358 e. The van der Waals surface area contributed by atoms with E-state index in [1.54, 1.807) is 6.07 Å². The minimum atomic E-state index is -0.466. The maximum absolute atomic E-state index is 11.5. The zero-order valence-corrected chi connectivity index (χ0v) is 15.6. The average molecular weight is 365 g/mol. The number of aryl methyl sites for hydroxylation is 1. The third-order valence-electron chi connectivity index (χ3n) is 5.18. The van der Waals surface area contributed by atoms with Crippen LogP contribution in [0.5, 0.6) is 0 Å². The lowest BCUT2D eigenvalue weighted by Crippen LogP contribution is -2.35. The quantitative estimate of drug-likeness (QED) is 0.662. The number of carbonyl (C=O) groups is 1. The van der Waals surface area contributed by atoms with Gasteiger partial charge < -0.3 is 14.2 Å². The molecular formula is C20H23N5O2. The molecule has 3 heterocycles. The molecule has 0 aliphatic carbocycles. The van der Waals surface area contributed by atoms with E-state index < -0.39 is 5.97 Å². The number of esters is 1. The Morgan fingerprint density at radius 2 is 1.93 bits per heavy atom. The summed E-state index contributed by atoms with van der Waals surface area (Å²) in [7, 11) is 1.34. The van der Waals surface area contributed by atoms with Crippen LogP contribution >= 0.6 is 0 Å². The lowest BCUT2D eigenvalue weighted by Gasteiger charge is -2.34. The van der Waals surface area contributed by atoms with Crippen molar-refractivity contribution < 1.29 is 9.53 Å². The number of hydrogen-bond donors (Lipinski definition) is 0. The van der Waals surface area contributed by atoms with Gasteiger partial charge in [-0.1, -0.05) is 19.1 Å². The van der Waals surface area contributed by atoms with Crippen LogP contribution in [0.1, 0.15) is 42.1 Å². The number of hydrogen-bond acceptors (Lipinski definition) is 6. The van der Waals surface area contributed by atoms with Gasteiger partial charge in [0.15, 0.2) is 11.5 Å². The van der Waals surface area contributed by atoms with E-state index >= 15 is 0 Å². The molecule has 7 heteroatoms. The Kier molecular flexibility index (Phi) is 4.75. The summed E-state index contributed by atoms with van der Waals surface area (Å²) in [5.41, 5.74) is 2.52. The van der Waals surface area contributed by atoms with E-state index in [9.17, 15) is 4.79 Å². The van der Waals surface area contributed by atoms with Crippen molar-refractivity contribution in [3.63, 3.8) is 0 Å². The number of anilines is 1. The molecule has 0 saturated carbocycles. The van der Waals surface area contributed by atoms with E-state index in [1.807, 2.05) is 12.1 Å². The molecule has 4 rings (SSSR count). The highest BCUT2D eigenvalue weighted by molar-refractivity contribution is 5.87. The summed E-state index contributed by atoms with van der Waals surface area (Å²) in [6.45, 7) is 3.95. The van der Waals surface area contributed by atoms with Gasteiger partial charge in [0.05, 0.1) is 18.1 Å². The summed E-state index contributed by atoms with van der Waals surface area (Å²) in [6, 6.07) is 12.3. The first-order valence-electron chi connectivity index (χ1n) is 9.34. The second kappa shape index (κ2) is 7.34. The molecule has 7 nitrogen and oxygen atoms in total. The molecule has 1 fully saturated rings. The number of piperidine rings is 1. The normalized spacial score (nSPS) is 15.3. The summed E-state index contributed by atoms with van der Waals surface area (Å²) >= 11 is 0. The van der Waals surface area contributed by atoms with Crippen LogP contribution < -0.4 is 4.90 Å². The Morgan fingerprint density at radius 3 is 2.59 bits per heavy atom. The smallest absolute Gasteiger partial charge is 0.358 e. The number of carbonyl (C=O) groups excluding carboxylic acids is 1. The lowest BCUT2D eigenvalue weighted by atomic mass is 10.0. The molecule has 0 unspecified atom stereocenters. The molecule has 1 saturated heterocycles. The first kappa shape index (κ1) is 17.5. The van der Waals surface area contributed by atoms with Gasteiger partial charge in [-0.25, -0.2) is 9.78 Å². The molecule has 3 aromatic rings. The Hall–Kier alpha value is -2.96. The first-order valence-corrected chi connectivity index (χ1v) is 9.34. The van der Waals surface area contributed by atoms with Gasteiger partial charge >= 0.3 is 5.97 Å². The lowest BCUT2D eigenvalue weighted by molar-refractivity contribution is 0.0592. The molecule has 27 heavy (non-hydrogen) atoms. The van der Waals surface area contributed by atoms with Crippen LogP contribution in [0.3, 0.4) is 0 Å². The number of para-hydroxylation sites is 2. The topological polar surface area (TPSA) is 73.1 Å². The van der Waals surface area contributed by atoms with Crippen molar-refractivity contribution >= 4 is 22.8 Å². The Bertz CT molecular complexity index is 943. The third kappa shape index (κ3) is 3.25. The molecule has 0 N–H and O–H groups in total. The average Bonchev–Trinajstić information content (AvgIpc) is 3.12. The maximum atomic E-state index is 11.5. The van der Waals surface area contributed by atoms with Crippen molar-refractivity contribution in [1.29, 1.82) is 0 Å². The first-order chi connectivity index (χ1) is 13.2. The van der Waals surface area contributed by atoms with Gasteiger partial charge in [0.2, 0.25) is 0 Å². The number of aromatic nitrogens is 4. The fourth-order valence-corrected chi connectivity index (χ4v) is 3.81. The summed E-state index contributed by atoms with van der Waals surface area (Å²) in [5, 5.41) is 8.18. The second-order valence-corrected chi connectivity index (χ2v) is 6.73. The van der Waals surface area contributed by atoms with Gasteiger partial charge in [0.1, 0.15) is 5.82 Å². The largest absolute Gasteiger partial charge is 0.464 e. The molecule has 1 aliphatic rings. The third-order valence-corrected chi connectivity index (χ3v) is 5.18. The predicted octanol–water partition coefficient (Wildman–Crippen LogP) is 3.02. The Balaban J connectivity index is 1.50. The molecule has 2 aromatic heterocycles. The number of methoxy groups -OCH3 is 1. The molecule has 140 valence electrons. The van der Waals surface area contributed by atoms with Crippen LogP contribution in [0.2, 0.25) is 0 Å². The highest BCUT2D eigenvalue weighted by atomic mass is 16.5. The van der Waals surface area contributed by atoms with Crippen LogP contribution in [-0.2, 0) is 11.2 Å². The van der Waals surface area contributed by atoms with Crippen molar-refractivity contribution in [1.82, 2.24) is 19.7 Å². The summed E-state index contributed by atoms with van der Waals surface area (Å²) in [5.74, 6) is 1.48. The second-order valence-electron chi connectivity index (χ2n) is 6.73. The fourth-order valence-electron chi connectivity index (χ4n) is 3.81. The molecule has 1 aromatic carbocycles. The van der Waals surface area contributed by atoms with Crippen molar-refractivity contribution in [3.05, 3.63) is 47.9 Å². The van der Waals surface area contributed by atoms with Crippen LogP contribution in [-0.4, -0.2) is 45.9 Å². The SMILES string of the molecule is CCc1nc2ccccc2n1C1CCN(c2ccc(C(=O)OC)nn2)CC1.